The van der Waals surface area contributed by atoms with Gasteiger partial charge in [0.1, 0.15) is 22.9 Å². The van der Waals surface area contributed by atoms with E-state index in [-0.39, 0.29) is 0 Å². The maximum Gasteiger partial charge on any atom is 0.123 e. The molecule has 92 valence electrons. The molecular weight excluding hydrogens is 204 g/mol. The Morgan fingerprint density at radius 2 is 1.40 bits per heavy atom. The summed E-state index contributed by atoms with van der Waals surface area (Å²) >= 11 is 0. The maximum atomic E-state index is 9.94. The first kappa shape index (κ1) is 14.8. The highest BCUT2D eigenvalue weighted by Crippen LogP contribution is 2.34. The molecule has 0 unspecified atom stereocenters. The molecule has 0 aliphatic rings. The van der Waals surface area contributed by atoms with Gasteiger partial charge < -0.3 is 30.6 Å². The van der Waals surface area contributed by atoms with Crippen LogP contribution in [-0.2, 0) is 0 Å². The molecule has 0 aromatic carbocycles. The molecule has 0 bridgehead atoms. The largest absolute Gasteiger partial charge is 0.394 e. The summed E-state index contributed by atoms with van der Waals surface area (Å²) in [5.74, 6) is 0. The Kier molecular flexibility index (Phi) is 4.26. The van der Waals surface area contributed by atoms with Crippen molar-refractivity contribution >= 4 is 0 Å². The number of aliphatic hydroxyl groups is 6. The molecule has 6 N–H and O–H groups in total. The Balaban J connectivity index is 5.17. The van der Waals surface area contributed by atoms with Crippen LogP contribution in [0.1, 0.15) is 20.8 Å². The second-order valence-corrected chi connectivity index (χ2v) is 4.35. The monoisotopic (exact) mass is 224 g/mol. The zero-order valence-electron chi connectivity index (χ0n) is 9.17. The lowest BCUT2D eigenvalue weighted by atomic mass is 9.71. The summed E-state index contributed by atoms with van der Waals surface area (Å²) in [6.07, 6.45) is -1.63. The van der Waals surface area contributed by atoms with Crippen LogP contribution in [0, 0.1) is 0 Å². The molecule has 0 amide bonds. The Morgan fingerprint density at radius 3 is 1.67 bits per heavy atom. The van der Waals surface area contributed by atoms with Gasteiger partial charge in [-0.05, 0) is 20.8 Å². The number of hydrogen-bond donors (Lipinski definition) is 6. The smallest absolute Gasteiger partial charge is 0.123 e. The summed E-state index contributed by atoms with van der Waals surface area (Å²) < 4.78 is 0. The van der Waals surface area contributed by atoms with Crippen LogP contribution >= 0.6 is 0 Å². The van der Waals surface area contributed by atoms with Crippen molar-refractivity contribution < 1.29 is 30.6 Å². The van der Waals surface area contributed by atoms with Crippen molar-refractivity contribution in [3.63, 3.8) is 0 Å². The van der Waals surface area contributed by atoms with E-state index in [0.717, 1.165) is 20.8 Å². The lowest BCUT2D eigenvalue weighted by molar-refractivity contribution is -0.265. The van der Waals surface area contributed by atoms with Crippen LogP contribution in [0.4, 0.5) is 0 Å². The zero-order chi connectivity index (χ0) is 12.5. The highest BCUT2D eigenvalue weighted by molar-refractivity contribution is 5.08. The van der Waals surface area contributed by atoms with Crippen molar-refractivity contribution in [2.24, 2.45) is 0 Å². The van der Waals surface area contributed by atoms with Crippen LogP contribution < -0.4 is 0 Å². The first-order chi connectivity index (χ1) is 6.54. The fraction of sp³-hybridized carbons (Fsp3) is 1.00. The van der Waals surface area contributed by atoms with Gasteiger partial charge in [0, 0.05) is 0 Å². The van der Waals surface area contributed by atoms with E-state index in [2.05, 4.69) is 0 Å². The Hall–Kier alpha value is -0.240. The molecule has 0 heterocycles. The van der Waals surface area contributed by atoms with Crippen LogP contribution in [0.3, 0.4) is 0 Å². The van der Waals surface area contributed by atoms with E-state index < -0.39 is 36.1 Å². The molecule has 0 rings (SSSR count). The SMILES string of the molecule is C[C@@](O)([C@@](C)(O)CO)[C@](C)(O)[C@H](O)CO. The lowest BCUT2D eigenvalue weighted by Gasteiger charge is -2.48. The minimum absolute atomic E-state index is 0.773. The quantitative estimate of drug-likeness (QED) is 0.309. The summed E-state index contributed by atoms with van der Waals surface area (Å²) in [6.45, 7) is 1.69. The van der Waals surface area contributed by atoms with Crippen LogP contribution in [0.25, 0.3) is 0 Å². The Bertz CT molecular complexity index is 211. The van der Waals surface area contributed by atoms with Crippen LogP contribution in [0.15, 0.2) is 0 Å². The van der Waals surface area contributed by atoms with E-state index in [4.69, 9.17) is 10.2 Å². The van der Waals surface area contributed by atoms with E-state index >= 15 is 0 Å². The third kappa shape index (κ3) is 2.30. The van der Waals surface area contributed by atoms with Crippen molar-refractivity contribution in [3.8, 4) is 0 Å². The summed E-state index contributed by atoms with van der Waals surface area (Å²) in [5, 5.41) is 56.4. The van der Waals surface area contributed by atoms with Gasteiger partial charge in [-0.2, -0.15) is 0 Å². The van der Waals surface area contributed by atoms with Gasteiger partial charge >= 0.3 is 0 Å². The van der Waals surface area contributed by atoms with Crippen LogP contribution in [0.5, 0.6) is 0 Å². The maximum absolute atomic E-state index is 9.94. The van der Waals surface area contributed by atoms with E-state index in [1.54, 1.807) is 0 Å². The van der Waals surface area contributed by atoms with Gasteiger partial charge in [-0.15, -0.1) is 0 Å². The molecule has 0 aliphatic carbocycles. The fourth-order valence-corrected chi connectivity index (χ4v) is 1.20. The van der Waals surface area contributed by atoms with Crippen molar-refractivity contribution in [1.29, 1.82) is 0 Å². The predicted octanol–water partition coefficient (Wildman–Crippen LogP) is -2.42. The van der Waals surface area contributed by atoms with Gasteiger partial charge in [-0.1, -0.05) is 0 Å². The highest BCUT2D eigenvalue weighted by atomic mass is 16.4. The standard InChI is InChI=1S/C9H20O6/c1-7(13,5-11)9(3,15)8(2,14)6(12)4-10/h6,10-15H,4-5H2,1-3H3/t6-,7+,8-,9-/m1/s1. The molecule has 6 heteroatoms. The molecule has 0 aromatic rings. The van der Waals surface area contributed by atoms with E-state index in [1.165, 1.54) is 0 Å². The second kappa shape index (κ2) is 4.32. The molecule has 0 aromatic heterocycles. The highest BCUT2D eigenvalue weighted by Gasteiger charge is 2.56. The van der Waals surface area contributed by atoms with Crippen molar-refractivity contribution in [2.45, 2.75) is 43.7 Å². The van der Waals surface area contributed by atoms with Gasteiger partial charge in [0.15, 0.2) is 0 Å². The van der Waals surface area contributed by atoms with Crippen LogP contribution in [-0.4, -0.2) is 66.8 Å². The average Bonchev–Trinajstić information content (AvgIpc) is 2.15. The molecule has 0 fully saturated rings. The van der Waals surface area contributed by atoms with Gasteiger partial charge in [0.25, 0.3) is 0 Å². The fourth-order valence-electron chi connectivity index (χ4n) is 1.20. The Labute approximate surface area is 88.4 Å². The van der Waals surface area contributed by atoms with Crippen molar-refractivity contribution in [3.05, 3.63) is 0 Å². The third-order valence-corrected chi connectivity index (χ3v) is 3.16. The van der Waals surface area contributed by atoms with Gasteiger partial charge in [0.05, 0.1) is 13.2 Å². The minimum atomic E-state index is -2.18. The first-order valence-electron chi connectivity index (χ1n) is 4.61. The van der Waals surface area contributed by atoms with E-state index in [9.17, 15) is 20.4 Å². The zero-order valence-corrected chi connectivity index (χ0v) is 9.17. The van der Waals surface area contributed by atoms with Gasteiger partial charge in [-0.25, -0.2) is 0 Å². The molecule has 0 radical (unpaired) electrons. The van der Waals surface area contributed by atoms with E-state index in [0.29, 0.717) is 0 Å². The summed E-state index contributed by atoms with van der Waals surface area (Å²) in [4.78, 5) is 0. The molecule has 0 saturated carbocycles. The number of hydrogen-bond acceptors (Lipinski definition) is 6. The number of aliphatic hydroxyl groups excluding tert-OH is 3. The van der Waals surface area contributed by atoms with Crippen molar-refractivity contribution in [1.82, 2.24) is 0 Å². The van der Waals surface area contributed by atoms with E-state index in [1.807, 2.05) is 0 Å². The molecule has 4 atom stereocenters. The summed E-state index contributed by atoms with van der Waals surface area (Å²) in [7, 11) is 0. The number of rotatable bonds is 5. The molecule has 15 heavy (non-hydrogen) atoms. The molecule has 0 aliphatic heterocycles. The summed E-state index contributed by atoms with van der Waals surface area (Å²) in [5.41, 5.74) is -6.35. The molecule has 0 saturated heterocycles. The predicted molar refractivity (Wildman–Crippen MR) is 52.0 cm³/mol. The van der Waals surface area contributed by atoms with Crippen molar-refractivity contribution in [2.75, 3.05) is 13.2 Å². The van der Waals surface area contributed by atoms with Gasteiger partial charge in [-0.3, -0.25) is 0 Å². The Morgan fingerprint density at radius 1 is 1.00 bits per heavy atom. The van der Waals surface area contributed by atoms with Crippen LogP contribution in [0.2, 0.25) is 0 Å². The second-order valence-electron chi connectivity index (χ2n) is 4.35. The molecule has 6 nitrogen and oxygen atoms in total. The topological polar surface area (TPSA) is 121 Å². The molecular formula is C9H20O6. The summed E-state index contributed by atoms with van der Waals surface area (Å²) in [6, 6.07) is 0. The normalized spacial score (nSPS) is 26.2. The molecule has 0 spiro atoms. The van der Waals surface area contributed by atoms with Gasteiger partial charge in [0.2, 0.25) is 0 Å². The first-order valence-corrected chi connectivity index (χ1v) is 4.61. The minimum Gasteiger partial charge on any atom is -0.394 e. The average molecular weight is 224 g/mol. The lowest BCUT2D eigenvalue weighted by Crippen LogP contribution is -2.69. The third-order valence-electron chi connectivity index (χ3n) is 3.16.